The van der Waals surface area contributed by atoms with E-state index in [1.54, 1.807) is 6.07 Å². The zero-order valence-electron chi connectivity index (χ0n) is 10.9. The summed E-state index contributed by atoms with van der Waals surface area (Å²) in [6.07, 6.45) is 0.806. The second kappa shape index (κ2) is 5.21. The molecule has 0 radical (unpaired) electrons. The van der Waals surface area contributed by atoms with Crippen molar-refractivity contribution in [3.8, 4) is 5.75 Å². The molecule has 3 rings (SSSR count). The van der Waals surface area contributed by atoms with Gasteiger partial charge in [0.05, 0.1) is 0 Å². The fraction of sp³-hybridized carbons (Fsp3) is 0.250. The van der Waals surface area contributed by atoms with Gasteiger partial charge in [-0.25, -0.2) is 8.78 Å². The third-order valence-electron chi connectivity index (χ3n) is 3.73. The van der Waals surface area contributed by atoms with Crippen LogP contribution in [0.2, 0.25) is 0 Å². The molecule has 0 atom stereocenters. The van der Waals surface area contributed by atoms with E-state index in [1.165, 1.54) is 6.07 Å². The number of benzene rings is 2. The monoisotopic (exact) mass is 275 g/mol. The molecule has 1 aliphatic heterocycles. The van der Waals surface area contributed by atoms with E-state index >= 15 is 0 Å². The smallest absolute Gasteiger partial charge is 0.127 e. The Kier molecular flexibility index (Phi) is 3.40. The Bertz CT molecular complexity index is 642. The van der Waals surface area contributed by atoms with E-state index in [0.29, 0.717) is 18.7 Å². The lowest BCUT2D eigenvalue weighted by Gasteiger charge is -2.29. The molecule has 0 aromatic heterocycles. The average Bonchev–Trinajstić information content (AvgIpc) is 2.44. The molecule has 4 heteroatoms. The first kappa shape index (κ1) is 13.1. The summed E-state index contributed by atoms with van der Waals surface area (Å²) in [4.78, 5) is 2.01. The van der Waals surface area contributed by atoms with Gasteiger partial charge in [-0.2, -0.15) is 0 Å². The molecular weight excluding hydrogens is 260 g/mol. The van der Waals surface area contributed by atoms with Gasteiger partial charge in [-0.1, -0.05) is 12.1 Å². The number of phenolic OH excluding ortho intramolecular Hbond substituents is 1. The minimum atomic E-state index is -0.429. The summed E-state index contributed by atoms with van der Waals surface area (Å²) < 4.78 is 26.8. The summed E-state index contributed by atoms with van der Waals surface area (Å²) in [7, 11) is 0. The standard InChI is InChI=1S/C16H15F2NO/c17-13-4-5-15(18)12(8-13)9-19-7-6-11-2-1-3-16(20)14(11)10-19/h1-5,8,20H,6-7,9-10H2. The lowest BCUT2D eigenvalue weighted by atomic mass is 9.98. The van der Waals surface area contributed by atoms with Crippen molar-refractivity contribution in [2.45, 2.75) is 19.5 Å². The van der Waals surface area contributed by atoms with E-state index in [4.69, 9.17) is 0 Å². The van der Waals surface area contributed by atoms with Gasteiger partial charge in [-0.15, -0.1) is 0 Å². The van der Waals surface area contributed by atoms with E-state index < -0.39 is 11.6 Å². The first-order valence-electron chi connectivity index (χ1n) is 6.59. The largest absolute Gasteiger partial charge is 0.508 e. The number of hydrogen-bond acceptors (Lipinski definition) is 2. The predicted octanol–water partition coefficient (Wildman–Crippen LogP) is 3.23. The molecule has 1 aliphatic rings. The lowest BCUT2D eigenvalue weighted by molar-refractivity contribution is 0.237. The molecule has 2 nitrogen and oxygen atoms in total. The molecule has 1 N–H and O–H groups in total. The molecule has 0 saturated carbocycles. The number of aromatic hydroxyl groups is 1. The third-order valence-corrected chi connectivity index (χ3v) is 3.73. The van der Waals surface area contributed by atoms with Crippen molar-refractivity contribution in [1.29, 1.82) is 0 Å². The molecule has 0 aliphatic carbocycles. The Balaban J connectivity index is 1.81. The normalized spacial score (nSPS) is 15.1. The molecule has 0 fully saturated rings. The Morgan fingerprint density at radius 1 is 1.15 bits per heavy atom. The van der Waals surface area contributed by atoms with Gasteiger partial charge in [0.2, 0.25) is 0 Å². The van der Waals surface area contributed by atoms with Crippen molar-refractivity contribution in [1.82, 2.24) is 4.90 Å². The third kappa shape index (κ3) is 2.51. The van der Waals surface area contributed by atoms with E-state index in [-0.39, 0.29) is 5.75 Å². The highest BCUT2D eigenvalue weighted by Gasteiger charge is 2.19. The quantitative estimate of drug-likeness (QED) is 0.909. The molecule has 0 unspecified atom stereocenters. The van der Waals surface area contributed by atoms with Crippen molar-refractivity contribution >= 4 is 0 Å². The van der Waals surface area contributed by atoms with Crippen LogP contribution in [-0.4, -0.2) is 16.6 Å². The molecule has 1 heterocycles. The Morgan fingerprint density at radius 2 is 2.00 bits per heavy atom. The highest BCUT2D eigenvalue weighted by molar-refractivity contribution is 5.40. The fourth-order valence-corrected chi connectivity index (χ4v) is 2.66. The van der Waals surface area contributed by atoms with Gasteiger partial charge in [0.1, 0.15) is 17.4 Å². The second-order valence-corrected chi connectivity index (χ2v) is 5.11. The van der Waals surface area contributed by atoms with Gasteiger partial charge in [-0.05, 0) is 36.2 Å². The van der Waals surface area contributed by atoms with Crippen LogP contribution in [0.1, 0.15) is 16.7 Å². The molecule has 0 spiro atoms. The molecule has 0 amide bonds. The first-order valence-corrected chi connectivity index (χ1v) is 6.59. The van der Waals surface area contributed by atoms with Crippen LogP contribution in [0.25, 0.3) is 0 Å². The highest BCUT2D eigenvalue weighted by atomic mass is 19.1. The average molecular weight is 275 g/mol. The number of phenols is 1. The van der Waals surface area contributed by atoms with Crippen LogP contribution in [0.15, 0.2) is 36.4 Å². The SMILES string of the molecule is Oc1cccc2c1CN(Cc1cc(F)ccc1F)CC2. The molecule has 20 heavy (non-hydrogen) atoms. The summed E-state index contributed by atoms with van der Waals surface area (Å²) in [6, 6.07) is 8.99. The van der Waals surface area contributed by atoms with Gasteiger partial charge in [0, 0.05) is 30.8 Å². The van der Waals surface area contributed by atoms with Crippen LogP contribution in [0.5, 0.6) is 5.75 Å². The molecule has 2 aromatic rings. The van der Waals surface area contributed by atoms with Gasteiger partial charge >= 0.3 is 0 Å². The summed E-state index contributed by atoms with van der Waals surface area (Å²) in [5, 5.41) is 9.88. The second-order valence-electron chi connectivity index (χ2n) is 5.11. The van der Waals surface area contributed by atoms with Gasteiger partial charge in [0.25, 0.3) is 0 Å². The maximum absolute atomic E-state index is 13.7. The summed E-state index contributed by atoms with van der Waals surface area (Å²) in [6.45, 7) is 1.67. The number of halogens is 2. The van der Waals surface area contributed by atoms with Crippen molar-refractivity contribution in [3.05, 3.63) is 64.7 Å². The fourth-order valence-electron chi connectivity index (χ4n) is 2.66. The van der Waals surface area contributed by atoms with E-state index in [9.17, 15) is 13.9 Å². The van der Waals surface area contributed by atoms with Crippen LogP contribution in [0, 0.1) is 11.6 Å². The van der Waals surface area contributed by atoms with Crippen molar-refractivity contribution in [2.75, 3.05) is 6.54 Å². The highest BCUT2D eigenvalue weighted by Crippen LogP contribution is 2.28. The number of hydrogen-bond donors (Lipinski definition) is 1. The summed E-state index contributed by atoms with van der Waals surface area (Å²) in [5.74, 6) is -0.553. The maximum atomic E-state index is 13.7. The van der Waals surface area contributed by atoms with E-state index in [2.05, 4.69) is 0 Å². The van der Waals surface area contributed by atoms with Crippen molar-refractivity contribution < 1.29 is 13.9 Å². The molecule has 104 valence electrons. The zero-order chi connectivity index (χ0) is 14.1. The van der Waals surface area contributed by atoms with Crippen LogP contribution in [0.4, 0.5) is 8.78 Å². The summed E-state index contributed by atoms with van der Waals surface area (Å²) >= 11 is 0. The van der Waals surface area contributed by atoms with Crippen LogP contribution in [-0.2, 0) is 19.5 Å². The van der Waals surface area contributed by atoms with E-state index in [1.807, 2.05) is 17.0 Å². The van der Waals surface area contributed by atoms with Crippen molar-refractivity contribution in [3.63, 3.8) is 0 Å². The Labute approximate surface area is 116 Å². The summed E-state index contributed by atoms with van der Waals surface area (Å²) in [5.41, 5.74) is 2.36. The van der Waals surface area contributed by atoms with Gasteiger partial charge in [-0.3, -0.25) is 4.90 Å². The first-order chi connectivity index (χ1) is 9.63. The zero-order valence-corrected chi connectivity index (χ0v) is 10.9. The molecule has 2 aromatic carbocycles. The minimum absolute atomic E-state index is 0.270. The number of rotatable bonds is 2. The Hall–Kier alpha value is -1.94. The Morgan fingerprint density at radius 3 is 2.85 bits per heavy atom. The van der Waals surface area contributed by atoms with Crippen LogP contribution in [0.3, 0.4) is 0 Å². The topological polar surface area (TPSA) is 23.5 Å². The van der Waals surface area contributed by atoms with Gasteiger partial charge < -0.3 is 5.11 Å². The number of nitrogens with zero attached hydrogens (tertiary/aromatic N) is 1. The molecule has 0 bridgehead atoms. The van der Waals surface area contributed by atoms with Crippen LogP contribution >= 0.6 is 0 Å². The molecule has 0 saturated heterocycles. The van der Waals surface area contributed by atoms with Crippen LogP contribution < -0.4 is 0 Å². The minimum Gasteiger partial charge on any atom is -0.508 e. The van der Waals surface area contributed by atoms with E-state index in [0.717, 1.165) is 36.2 Å². The van der Waals surface area contributed by atoms with Gasteiger partial charge in [0.15, 0.2) is 0 Å². The van der Waals surface area contributed by atoms with Crippen molar-refractivity contribution in [2.24, 2.45) is 0 Å². The number of fused-ring (bicyclic) bond motifs is 1. The lowest BCUT2D eigenvalue weighted by Crippen LogP contribution is -2.30. The maximum Gasteiger partial charge on any atom is 0.127 e. The predicted molar refractivity (Wildman–Crippen MR) is 72.3 cm³/mol. The molecular formula is C16H15F2NO.